The van der Waals surface area contributed by atoms with Gasteiger partial charge in [-0.2, -0.15) is 5.26 Å². The van der Waals surface area contributed by atoms with E-state index in [-0.39, 0.29) is 17.7 Å². The summed E-state index contributed by atoms with van der Waals surface area (Å²) in [6, 6.07) is 4.85. The minimum atomic E-state index is -1.19. The van der Waals surface area contributed by atoms with E-state index >= 15 is 0 Å². The highest BCUT2D eigenvalue weighted by Crippen LogP contribution is 2.18. The molecule has 0 saturated carbocycles. The van der Waals surface area contributed by atoms with Crippen LogP contribution in [0.1, 0.15) is 27.0 Å². The molecule has 72 valence electrons. The number of rotatable bonds is 2. The summed E-state index contributed by atoms with van der Waals surface area (Å²) in [7, 11) is 0. The normalized spacial score (nSPS) is 9.50. The van der Waals surface area contributed by atoms with Crippen LogP contribution in [0.15, 0.2) is 12.1 Å². The summed E-state index contributed by atoms with van der Waals surface area (Å²) < 4.78 is 0. The number of carboxylic acid groups (broad SMARTS) is 1. The van der Waals surface area contributed by atoms with E-state index in [1.807, 2.05) is 0 Å². The first-order valence-corrected chi connectivity index (χ1v) is 3.98. The number of hydrogen-bond acceptors (Lipinski definition) is 3. The SMILES string of the molecule is Cc1ccc(C#N)c(C(=O)O)c1CO. The van der Waals surface area contributed by atoms with E-state index in [2.05, 4.69) is 0 Å². The predicted molar refractivity (Wildman–Crippen MR) is 48.8 cm³/mol. The molecule has 0 spiro atoms. The average Bonchev–Trinajstić information content (AvgIpc) is 2.17. The van der Waals surface area contributed by atoms with Crippen LogP contribution in [-0.2, 0) is 6.61 Å². The number of benzene rings is 1. The topological polar surface area (TPSA) is 81.3 Å². The Balaban J connectivity index is 3.54. The monoisotopic (exact) mass is 191 g/mol. The molecular weight excluding hydrogens is 182 g/mol. The zero-order valence-corrected chi connectivity index (χ0v) is 7.61. The van der Waals surface area contributed by atoms with Gasteiger partial charge in [-0.3, -0.25) is 0 Å². The quantitative estimate of drug-likeness (QED) is 0.732. The molecule has 1 aromatic rings. The Labute approximate surface area is 81.0 Å². The molecule has 1 rings (SSSR count). The Morgan fingerprint density at radius 1 is 1.57 bits per heavy atom. The van der Waals surface area contributed by atoms with Gasteiger partial charge in [0.15, 0.2) is 0 Å². The molecule has 0 aliphatic heterocycles. The Bertz CT molecular complexity index is 418. The first kappa shape index (κ1) is 10.2. The van der Waals surface area contributed by atoms with Gasteiger partial charge in [0.25, 0.3) is 0 Å². The van der Waals surface area contributed by atoms with Crippen LogP contribution in [0.5, 0.6) is 0 Å². The smallest absolute Gasteiger partial charge is 0.337 e. The van der Waals surface area contributed by atoms with Crippen molar-refractivity contribution in [1.82, 2.24) is 0 Å². The van der Waals surface area contributed by atoms with Crippen molar-refractivity contribution in [3.63, 3.8) is 0 Å². The molecule has 0 aromatic heterocycles. The second-order valence-corrected chi connectivity index (χ2v) is 2.86. The van der Waals surface area contributed by atoms with E-state index in [0.29, 0.717) is 11.1 Å². The Hall–Kier alpha value is -1.86. The van der Waals surface area contributed by atoms with E-state index < -0.39 is 5.97 Å². The summed E-state index contributed by atoms with van der Waals surface area (Å²) in [5.41, 5.74) is 0.947. The van der Waals surface area contributed by atoms with Crippen molar-refractivity contribution in [2.75, 3.05) is 0 Å². The predicted octanol–water partition coefficient (Wildman–Crippen LogP) is 1.06. The molecule has 0 fully saturated rings. The highest BCUT2D eigenvalue weighted by molar-refractivity contribution is 5.92. The van der Waals surface area contributed by atoms with Gasteiger partial charge >= 0.3 is 5.97 Å². The fourth-order valence-corrected chi connectivity index (χ4v) is 1.29. The summed E-state index contributed by atoms with van der Waals surface area (Å²) in [5, 5.41) is 26.5. The molecule has 0 heterocycles. The van der Waals surface area contributed by atoms with Gasteiger partial charge in [0, 0.05) is 0 Å². The van der Waals surface area contributed by atoms with Gasteiger partial charge in [-0.05, 0) is 24.1 Å². The lowest BCUT2D eigenvalue weighted by Crippen LogP contribution is -2.07. The third-order valence-corrected chi connectivity index (χ3v) is 2.04. The second kappa shape index (κ2) is 3.90. The van der Waals surface area contributed by atoms with Crippen LogP contribution in [0.3, 0.4) is 0 Å². The number of nitriles is 1. The summed E-state index contributed by atoms with van der Waals surface area (Å²) >= 11 is 0. The van der Waals surface area contributed by atoms with Crippen molar-refractivity contribution in [3.05, 3.63) is 34.4 Å². The van der Waals surface area contributed by atoms with Crippen molar-refractivity contribution in [1.29, 1.82) is 5.26 Å². The highest BCUT2D eigenvalue weighted by atomic mass is 16.4. The maximum Gasteiger partial charge on any atom is 0.337 e. The molecule has 0 unspecified atom stereocenters. The zero-order chi connectivity index (χ0) is 10.7. The largest absolute Gasteiger partial charge is 0.478 e. The highest BCUT2D eigenvalue weighted by Gasteiger charge is 2.16. The number of aromatic carboxylic acids is 1. The third-order valence-electron chi connectivity index (χ3n) is 2.04. The van der Waals surface area contributed by atoms with Gasteiger partial charge in [0.2, 0.25) is 0 Å². The van der Waals surface area contributed by atoms with Crippen molar-refractivity contribution >= 4 is 5.97 Å². The van der Waals surface area contributed by atoms with Crippen molar-refractivity contribution in [2.45, 2.75) is 13.5 Å². The lowest BCUT2D eigenvalue weighted by Gasteiger charge is -2.07. The van der Waals surface area contributed by atoms with Crippen molar-refractivity contribution in [2.24, 2.45) is 0 Å². The molecule has 2 N–H and O–H groups in total. The molecule has 0 bridgehead atoms. The maximum absolute atomic E-state index is 10.9. The fourth-order valence-electron chi connectivity index (χ4n) is 1.29. The molecule has 4 heteroatoms. The van der Waals surface area contributed by atoms with Crippen LogP contribution >= 0.6 is 0 Å². The molecule has 0 amide bonds. The number of carbonyl (C=O) groups is 1. The van der Waals surface area contributed by atoms with Crippen LogP contribution in [-0.4, -0.2) is 16.2 Å². The molecule has 0 radical (unpaired) electrons. The minimum Gasteiger partial charge on any atom is -0.478 e. The first-order valence-electron chi connectivity index (χ1n) is 3.98. The van der Waals surface area contributed by atoms with Crippen LogP contribution in [0.4, 0.5) is 0 Å². The van der Waals surface area contributed by atoms with Gasteiger partial charge in [-0.1, -0.05) is 6.07 Å². The van der Waals surface area contributed by atoms with Gasteiger partial charge in [-0.25, -0.2) is 4.79 Å². The number of hydrogen-bond donors (Lipinski definition) is 2. The van der Waals surface area contributed by atoms with Crippen LogP contribution in [0, 0.1) is 18.3 Å². The molecule has 1 aromatic carbocycles. The number of nitrogens with zero attached hydrogens (tertiary/aromatic N) is 1. The zero-order valence-electron chi connectivity index (χ0n) is 7.61. The minimum absolute atomic E-state index is 0.0761. The van der Waals surface area contributed by atoms with E-state index in [9.17, 15) is 4.79 Å². The van der Waals surface area contributed by atoms with Crippen LogP contribution in [0.25, 0.3) is 0 Å². The second-order valence-electron chi connectivity index (χ2n) is 2.86. The van der Waals surface area contributed by atoms with Crippen LogP contribution in [0.2, 0.25) is 0 Å². The van der Waals surface area contributed by atoms with E-state index in [0.717, 1.165) is 0 Å². The summed E-state index contributed by atoms with van der Waals surface area (Å²) in [5.74, 6) is -1.19. The number of aliphatic hydroxyl groups is 1. The molecule has 0 aliphatic carbocycles. The summed E-state index contributed by atoms with van der Waals surface area (Å²) in [6.45, 7) is 1.32. The van der Waals surface area contributed by atoms with Gasteiger partial charge in [0.05, 0.1) is 17.7 Å². The summed E-state index contributed by atoms with van der Waals surface area (Å²) in [4.78, 5) is 10.9. The molecule has 0 saturated heterocycles. The standard InChI is InChI=1S/C10H9NO3/c1-6-2-3-7(4-11)9(10(13)14)8(6)5-12/h2-3,12H,5H2,1H3,(H,13,14). The maximum atomic E-state index is 10.9. The van der Waals surface area contributed by atoms with Gasteiger partial charge < -0.3 is 10.2 Å². The molecule has 0 aliphatic rings. The number of aliphatic hydroxyl groups excluding tert-OH is 1. The Morgan fingerprint density at radius 2 is 2.21 bits per heavy atom. The van der Waals surface area contributed by atoms with E-state index in [4.69, 9.17) is 15.5 Å². The van der Waals surface area contributed by atoms with Gasteiger partial charge in [-0.15, -0.1) is 0 Å². The fraction of sp³-hybridized carbons (Fsp3) is 0.200. The average molecular weight is 191 g/mol. The van der Waals surface area contributed by atoms with Crippen molar-refractivity contribution in [3.8, 4) is 6.07 Å². The van der Waals surface area contributed by atoms with E-state index in [1.54, 1.807) is 19.1 Å². The Kier molecular flexibility index (Phi) is 2.85. The number of carboxylic acids is 1. The van der Waals surface area contributed by atoms with Crippen molar-refractivity contribution < 1.29 is 15.0 Å². The molecule has 0 atom stereocenters. The lowest BCUT2D eigenvalue weighted by molar-refractivity contribution is 0.0693. The van der Waals surface area contributed by atoms with Gasteiger partial charge in [0.1, 0.15) is 6.07 Å². The first-order chi connectivity index (χ1) is 6.61. The molecule has 4 nitrogen and oxygen atoms in total. The lowest BCUT2D eigenvalue weighted by atomic mass is 9.98. The molecular formula is C10H9NO3. The third kappa shape index (κ3) is 1.58. The Morgan fingerprint density at radius 3 is 2.64 bits per heavy atom. The number of aryl methyl sites for hydroxylation is 1. The van der Waals surface area contributed by atoms with Crippen LogP contribution < -0.4 is 0 Å². The summed E-state index contributed by atoms with van der Waals surface area (Å²) in [6.07, 6.45) is 0. The van der Waals surface area contributed by atoms with E-state index in [1.165, 1.54) is 6.07 Å². The molecule has 14 heavy (non-hydrogen) atoms.